The lowest BCUT2D eigenvalue weighted by Crippen LogP contribution is -2.39. The third-order valence-corrected chi connectivity index (χ3v) is 9.31. The first-order chi connectivity index (χ1) is 23.7. The van der Waals surface area contributed by atoms with E-state index in [4.69, 9.17) is 4.42 Å². The van der Waals surface area contributed by atoms with E-state index in [-0.39, 0.29) is 28.4 Å². The molecule has 0 atom stereocenters. The van der Waals surface area contributed by atoms with Crippen LogP contribution in [0.15, 0.2) is 104 Å². The summed E-state index contributed by atoms with van der Waals surface area (Å²) in [7, 11) is 1.83. The van der Waals surface area contributed by atoms with Crippen molar-refractivity contribution in [1.29, 1.82) is 0 Å². The van der Waals surface area contributed by atoms with Crippen molar-refractivity contribution in [3.05, 3.63) is 139 Å². The minimum Gasteiger partial charge on any atom is -0.416 e. The van der Waals surface area contributed by atoms with E-state index in [0.29, 0.717) is 47.0 Å². The average Bonchev–Trinajstić information content (AvgIpc) is 3.67. The van der Waals surface area contributed by atoms with Crippen molar-refractivity contribution in [2.24, 2.45) is 0 Å². The normalized spacial score (nSPS) is 11.4. The Labute approximate surface area is 282 Å². The molecule has 14 heteroatoms. The molecular weight excluding hydrogens is 654 g/mol. The Balaban J connectivity index is 1.56. The van der Waals surface area contributed by atoms with E-state index in [2.05, 4.69) is 10.6 Å². The lowest BCUT2D eigenvalue weighted by atomic mass is 10.1. The summed E-state index contributed by atoms with van der Waals surface area (Å²) in [5.74, 6) is -2.13. The van der Waals surface area contributed by atoms with Crippen molar-refractivity contribution in [2.75, 3.05) is 25.5 Å². The third-order valence-electron chi connectivity index (χ3n) is 8.00. The van der Waals surface area contributed by atoms with Gasteiger partial charge in [-0.1, -0.05) is 36.4 Å². The van der Waals surface area contributed by atoms with Gasteiger partial charge in [-0.05, 0) is 61.5 Å². The molecule has 0 radical (unpaired) electrons. The Morgan fingerprint density at radius 1 is 0.939 bits per heavy atom. The summed E-state index contributed by atoms with van der Waals surface area (Å²) in [5, 5.41) is 5.65. The van der Waals surface area contributed by atoms with Crippen LogP contribution in [0.2, 0.25) is 0 Å². The topological polar surface area (TPSA) is 124 Å². The number of para-hydroxylation sites is 1. The molecule has 49 heavy (non-hydrogen) atoms. The molecule has 0 spiro atoms. The largest absolute Gasteiger partial charge is 0.418 e. The number of fused-ring (bicyclic) bond motifs is 1. The number of hydrogen-bond donors (Lipinski definition) is 2. The number of nitrogens with one attached hydrogen (secondary N) is 2. The standard InChI is InChI=1S/C35H32F2N6O5S/c1-3-38-33(45)39-23-14-12-22(13-15-23)30-26(20-40(2)16-17-41-18-19-48-35(41)47)29-31(44)43(24-8-5-4-6-9-24)34(46)42(32(29)49-30)21-25-27(36)10-7-11-28(25)37/h4-15,18-19H,3,16-17,20-21H2,1-2H3,(H2,38,39,45). The van der Waals surface area contributed by atoms with Gasteiger partial charge in [0.25, 0.3) is 5.56 Å². The lowest BCUT2D eigenvalue weighted by Gasteiger charge is -2.18. The monoisotopic (exact) mass is 686 g/mol. The predicted molar refractivity (Wildman–Crippen MR) is 185 cm³/mol. The maximum Gasteiger partial charge on any atom is 0.418 e. The highest BCUT2D eigenvalue weighted by atomic mass is 32.1. The number of likely N-dealkylation sites (N-methyl/N-ethyl adjacent to an activating group) is 1. The van der Waals surface area contributed by atoms with Crippen LogP contribution in [0.5, 0.6) is 0 Å². The molecule has 0 saturated heterocycles. The van der Waals surface area contributed by atoms with Crippen molar-refractivity contribution < 1.29 is 18.0 Å². The molecule has 0 aliphatic heterocycles. The van der Waals surface area contributed by atoms with Crippen LogP contribution in [-0.2, 0) is 19.6 Å². The molecule has 0 saturated carbocycles. The maximum atomic E-state index is 15.0. The molecule has 11 nitrogen and oxygen atoms in total. The zero-order valence-corrected chi connectivity index (χ0v) is 27.4. The highest BCUT2D eigenvalue weighted by Crippen LogP contribution is 2.38. The summed E-state index contributed by atoms with van der Waals surface area (Å²) in [4.78, 5) is 55.5. The van der Waals surface area contributed by atoms with Crippen LogP contribution in [-0.4, -0.2) is 44.8 Å². The predicted octanol–water partition coefficient (Wildman–Crippen LogP) is 5.24. The SMILES string of the molecule is CCNC(=O)Nc1ccc(-c2sc3c(c2CN(C)CCn2ccoc2=O)c(=O)n(-c2ccccc2)c(=O)n3Cc2c(F)cccc2F)cc1. The van der Waals surface area contributed by atoms with Gasteiger partial charge in [-0.2, -0.15) is 0 Å². The zero-order valence-electron chi connectivity index (χ0n) is 26.6. The second-order valence-corrected chi connectivity index (χ2v) is 12.3. The van der Waals surface area contributed by atoms with Crippen LogP contribution in [0.3, 0.4) is 0 Å². The van der Waals surface area contributed by atoms with E-state index in [1.165, 1.54) is 27.7 Å². The molecule has 0 bridgehead atoms. The van der Waals surface area contributed by atoms with E-state index < -0.39 is 35.2 Å². The van der Waals surface area contributed by atoms with E-state index in [1.807, 2.05) is 18.9 Å². The molecule has 3 aromatic carbocycles. The Bertz CT molecular complexity index is 2290. The number of hydrogen-bond acceptors (Lipinski definition) is 7. The molecule has 0 fully saturated rings. The number of anilines is 1. The number of thiophene rings is 1. The van der Waals surface area contributed by atoms with Gasteiger partial charge in [0.05, 0.1) is 17.6 Å². The van der Waals surface area contributed by atoms with Crippen LogP contribution in [0.25, 0.3) is 26.3 Å². The summed E-state index contributed by atoms with van der Waals surface area (Å²) in [6.07, 6.45) is 2.85. The minimum absolute atomic E-state index is 0.219. The Morgan fingerprint density at radius 2 is 1.65 bits per heavy atom. The van der Waals surface area contributed by atoms with Gasteiger partial charge in [0, 0.05) is 48.5 Å². The van der Waals surface area contributed by atoms with Gasteiger partial charge in [0.2, 0.25) is 0 Å². The molecule has 2 amide bonds. The fraction of sp³-hybridized carbons (Fsp3) is 0.200. The molecule has 0 aliphatic carbocycles. The number of oxazole rings is 1. The fourth-order valence-corrected chi connectivity index (χ4v) is 6.87. The molecule has 252 valence electrons. The van der Waals surface area contributed by atoms with E-state index in [1.54, 1.807) is 54.6 Å². The van der Waals surface area contributed by atoms with Crippen molar-refractivity contribution in [3.63, 3.8) is 0 Å². The van der Waals surface area contributed by atoms with Crippen LogP contribution in [0.1, 0.15) is 18.1 Å². The summed E-state index contributed by atoms with van der Waals surface area (Å²) < 4.78 is 38.6. The first-order valence-corrected chi connectivity index (χ1v) is 16.2. The number of nitrogens with zero attached hydrogens (tertiary/aromatic N) is 4. The van der Waals surface area contributed by atoms with Gasteiger partial charge in [-0.15, -0.1) is 11.3 Å². The molecule has 3 heterocycles. The number of amides is 2. The minimum atomic E-state index is -0.820. The number of carbonyl (C=O) groups excluding carboxylic acids is 1. The van der Waals surface area contributed by atoms with E-state index >= 15 is 8.78 Å². The third kappa shape index (κ3) is 6.87. The van der Waals surface area contributed by atoms with Crippen LogP contribution in [0.4, 0.5) is 19.3 Å². The first kappa shape index (κ1) is 33.3. The summed E-state index contributed by atoms with van der Waals surface area (Å²) in [5.41, 5.74) is 0.474. The van der Waals surface area contributed by atoms with Gasteiger partial charge in [0.15, 0.2) is 0 Å². The van der Waals surface area contributed by atoms with Crippen molar-refractivity contribution in [2.45, 2.75) is 26.6 Å². The van der Waals surface area contributed by atoms with Crippen molar-refractivity contribution >= 4 is 33.3 Å². The summed E-state index contributed by atoms with van der Waals surface area (Å²) in [6.45, 7) is 2.73. The average molecular weight is 687 g/mol. The molecule has 3 aromatic heterocycles. The van der Waals surface area contributed by atoms with Crippen LogP contribution in [0, 0.1) is 11.6 Å². The number of benzene rings is 3. The molecule has 0 unspecified atom stereocenters. The van der Waals surface area contributed by atoms with Crippen LogP contribution < -0.4 is 27.6 Å². The van der Waals surface area contributed by atoms with Gasteiger partial charge in [-0.3, -0.25) is 13.9 Å². The molecule has 2 N–H and O–H groups in total. The Morgan fingerprint density at radius 3 is 2.31 bits per heavy atom. The summed E-state index contributed by atoms with van der Waals surface area (Å²) >= 11 is 1.16. The van der Waals surface area contributed by atoms with Gasteiger partial charge >= 0.3 is 17.5 Å². The number of rotatable bonds is 11. The summed E-state index contributed by atoms with van der Waals surface area (Å²) in [6, 6.07) is 18.5. The molecule has 0 aliphatic rings. The fourth-order valence-electron chi connectivity index (χ4n) is 5.56. The van der Waals surface area contributed by atoms with Gasteiger partial charge < -0.3 is 20.0 Å². The van der Waals surface area contributed by atoms with Crippen LogP contribution >= 0.6 is 11.3 Å². The van der Waals surface area contributed by atoms with E-state index in [9.17, 15) is 19.2 Å². The number of carbonyl (C=O) groups is 1. The Hall–Kier alpha value is -5.60. The highest BCUT2D eigenvalue weighted by Gasteiger charge is 2.25. The highest BCUT2D eigenvalue weighted by molar-refractivity contribution is 7.22. The lowest BCUT2D eigenvalue weighted by molar-refractivity contribution is 0.252. The smallest absolute Gasteiger partial charge is 0.416 e. The Kier molecular flexibility index (Phi) is 9.69. The van der Waals surface area contributed by atoms with E-state index in [0.717, 1.165) is 28.0 Å². The van der Waals surface area contributed by atoms with Crippen molar-refractivity contribution in [3.8, 4) is 16.1 Å². The van der Waals surface area contributed by atoms with Crippen molar-refractivity contribution in [1.82, 2.24) is 23.9 Å². The number of halogens is 2. The van der Waals surface area contributed by atoms with Gasteiger partial charge in [0.1, 0.15) is 22.7 Å². The molecular formula is C35H32F2N6O5S. The number of aromatic nitrogens is 3. The quantitative estimate of drug-likeness (QED) is 0.192. The van der Waals surface area contributed by atoms with Gasteiger partial charge in [-0.25, -0.2) is 27.7 Å². The zero-order chi connectivity index (χ0) is 34.7. The second kappa shape index (κ2) is 14.3. The maximum absolute atomic E-state index is 15.0. The first-order valence-electron chi connectivity index (χ1n) is 15.4. The number of urea groups is 1. The molecule has 6 aromatic rings. The molecule has 6 rings (SSSR count). The second-order valence-electron chi connectivity index (χ2n) is 11.3.